The van der Waals surface area contributed by atoms with E-state index >= 15 is 0 Å². The van der Waals surface area contributed by atoms with Crippen molar-refractivity contribution < 1.29 is 4.74 Å². The predicted molar refractivity (Wildman–Crippen MR) is 99.4 cm³/mol. The van der Waals surface area contributed by atoms with E-state index in [2.05, 4.69) is 34.2 Å². The molecule has 2 unspecified atom stereocenters. The molecule has 1 aromatic rings. The Kier molecular flexibility index (Phi) is 6.21. The van der Waals surface area contributed by atoms with Gasteiger partial charge in [0.1, 0.15) is 0 Å². The Morgan fingerprint density at radius 3 is 2.96 bits per heavy atom. The summed E-state index contributed by atoms with van der Waals surface area (Å²) < 4.78 is 5.69. The van der Waals surface area contributed by atoms with Crippen LogP contribution in [0, 0.1) is 0 Å². The minimum atomic E-state index is 0.284. The molecule has 2 aliphatic rings. The topological polar surface area (TPSA) is 54.1 Å². The molecule has 5 nitrogen and oxygen atoms in total. The van der Waals surface area contributed by atoms with E-state index in [9.17, 15) is 0 Å². The first kappa shape index (κ1) is 17.1. The van der Waals surface area contributed by atoms with E-state index in [0.29, 0.717) is 12.0 Å². The Balaban J connectivity index is 1.68. The molecule has 3 heterocycles. The van der Waals surface area contributed by atoms with Gasteiger partial charge in [-0.05, 0) is 18.4 Å². The Morgan fingerprint density at radius 2 is 2.26 bits per heavy atom. The number of morpholine rings is 1. The molecule has 0 aromatic carbocycles. The summed E-state index contributed by atoms with van der Waals surface area (Å²) in [5.74, 6) is 2.99. The second kappa shape index (κ2) is 8.37. The van der Waals surface area contributed by atoms with E-state index in [-0.39, 0.29) is 6.10 Å². The van der Waals surface area contributed by atoms with Gasteiger partial charge in [0.25, 0.3) is 0 Å². The van der Waals surface area contributed by atoms with Crippen molar-refractivity contribution >= 4 is 29.1 Å². The fourth-order valence-corrected chi connectivity index (χ4v) is 4.82. The minimum absolute atomic E-state index is 0.284. The van der Waals surface area contributed by atoms with Gasteiger partial charge in [0.2, 0.25) is 0 Å². The van der Waals surface area contributed by atoms with Crippen LogP contribution < -0.4 is 5.73 Å². The van der Waals surface area contributed by atoms with Gasteiger partial charge in [-0.3, -0.25) is 9.89 Å². The van der Waals surface area contributed by atoms with E-state index in [1.165, 1.54) is 4.88 Å². The van der Waals surface area contributed by atoms with Gasteiger partial charge >= 0.3 is 0 Å². The van der Waals surface area contributed by atoms with Gasteiger partial charge in [-0.15, -0.1) is 11.3 Å². The highest BCUT2D eigenvalue weighted by Crippen LogP contribution is 2.27. The minimum Gasteiger partial charge on any atom is -0.376 e. The molecule has 2 fully saturated rings. The molecule has 3 rings (SSSR count). The highest BCUT2D eigenvalue weighted by molar-refractivity contribution is 7.99. The summed E-state index contributed by atoms with van der Waals surface area (Å²) in [7, 11) is 0. The summed E-state index contributed by atoms with van der Waals surface area (Å²) in [5.41, 5.74) is 6.23. The highest BCUT2D eigenvalue weighted by atomic mass is 32.2. The lowest BCUT2D eigenvalue weighted by atomic mass is 10.1. The average Bonchev–Trinajstić information content (AvgIpc) is 3.10. The summed E-state index contributed by atoms with van der Waals surface area (Å²) in [5, 5.41) is 2.14. The second-order valence-corrected chi connectivity index (χ2v) is 8.21. The summed E-state index contributed by atoms with van der Waals surface area (Å²) >= 11 is 3.79. The molecular weight excluding hydrogens is 328 g/mol. The van der Waals surface area contributed by atoms with Gasteiger partial charge in [-0.2, -0.15) is 11.8 Å². The third-order valence-electron chi connectivity index (χ3n) is 4.35. The first-order valence-corrected chi connectivity index (χ1v) is 10.3. The molecular formula is C16H26N4OS2. The molecule has 0 amide bonds. The molecule has 1 aromatic heterocycles. The molecule has 0 radical (unpaired) electrons. The monoisotopic (exact) mass is 354 g/mol. The van der Waals surface area contributed by atoms with Gasteiger partial charge < -0.3 is 15.4 Å². The zero-order valence-corrected chi connectivity index (χ0v) is 15.3. The van der Waals surface area contributed by atoms with Crippen molar-refractivity contribution in [3.05, 3.63) is 22.4 Å². The van der Waals surface area contributed by atoms with Crippen LogP contribution in [0.5, 0.6) is 0 Å². The van der Waals surface area contributed by atoms with Crippen molar-refractivity contribution in [2.45, 2.75) is 19.1 Å². The Morgan fingerprint density at radius 1 is 1.43 bits per heavy atom. The number of hydrogen-bond donors (Lipinski definition) is 1. The number of nitrogens with zero attached hydrogens (tertiary/aromatic N) is 3. The molecule has 2 N–H and O–H groups in total. The molecule has 23 heavy (non-hydrogen) atoms. The molecule has 2 atom stereocenters. The van der Waals surface area contributed by atoms with E-state index in [1.807, 2.05) is 11.8 Å². The van der Waals surface area contributed by atoms with Crippen molar-refractivity contribution in [1.29, 1.82) is 0 Å². The lowest BCUT2D eigenvalue weighted by molar-refractivity contribution is -0.0327. The fraction of sp³-hybridized carbons (Fsp3) is 0.688. The van der Waals surface area contributed by atoms with Crippen molar-refractivity contribution in [2.75, 3.05) is 50.8 Å². The Labute approximate surface area is 146 Å². The number of rotatable bonds is 4. The van der Waals surface area contributed by atoms with Gasteiger partial charge in [0, 0.05) is 42.6 Å². The molecule has 0 aliphatic carbocycles. The fourth-order valence-electron chi connectivity index (χ4n) is 3.07. The van der Waals surface area contributed by atoms with Gasteiger partial charge in [-0.1, -0.05) is 6.07 Å². The number of ether oxygens (including phenoxy) is 1. The van der Waals surface area contributed by atoms with Crippen LogP contribution in [0.2, 0.25) is 0 Å². The van der Waals surface area contributed by atoms with E-state index in [0.717, 1.165) is 50.8 Å². The standard InChI is InChI=1S/C16H26N4OS2/c1-13-12-20(4-7-21-13)14(15-3-2-8-23-15)11-18-16(17)19-5-9-22-10-6-19/h2-3,8,13-14H,4-7,9-12H2,1H3,(H2,17,18). The molecule has 7 heteroatoms. The zero-order chi connectivity index (χ0) is 16.1. The first-order valence-electron chi connectivity index (χ1n) is 8.25. The summed E-state index contributed by atoms with van der Waals surface area (Å²) in [6.07, 6.45) is 0.284. The van der Waals surface area contributed by atoms with Gasteiger partial charge in [0.15, 0.2) is 5.96 Å². The van der Waals surface area contributed by atoms with Crippen molar-refractivity contribution in [3.8, 4) is 0 Å². The van der Waals surface area contributed by atoms with Crippen LogP contribution in [0.1, 0.15) is 17.8 Å². The maximum atomic E-state index is 6.23. The zero-order valence-electron chi connectivity index (χ0n) is 13.7. The quantitative estimate of drug-likeness (QED) is 0.661. The third-order valence-corrected chi connectivity index (χ3v) is 6.26. The van der Waals surface area contributed by atoms with Crippen molar-refractivity contribution in [2.24, 2.45) is 10.7 Å². The average molecular weight is 355 g/mol. The van der Waals surface area contributed by atoms with Crippen LogP contribution in [0.3, 0.4) is 0 Å². The lowest BCUT2D eigenvalue weighted by Gasteiger charge is -2.36. The van der Waals surface area contributed by atoms with E-state index in [4.69, 9.17) is 15.5 Å². The van der Waals surface area contributed by atoms with E-state index in [1.54, 1.807) is 11.3 Å². The van der Waals surface area contributed by atoms with Crippen LogP contribution in [-0.4, -0.2) is 72.7 Å². The number of aliphatic imine (C=N–C) groups is 1. The maximum Gasteiger partial charge on any atom is 0.191 e. The van der Waals surface area contributed by atoms with Crippen LogP contribution >= 0.6 is 23.1 Å². The van der Waals surface area contributed by atoms with Crippen LogP contribution in [0.15, 0.2) is 22.5 Å². The highest BCUT2D eigenvalue weighted by Gasteiger charge is 2.26. The van der Waals surface area contributed by atoms with Crippen LogP contribution in [0.25, 0.3) is 0 Å². The van der Waals surface area contributed by atoms with Crippen LogP contribution in [0.4, 0.5) is 0 Å². The molecule has 2 saturated heterocycles. The number of nitrogens with two attached hydrogens (primary N) is 1. The molecule has 0 saturated carbocycles. The third kappa shape index (κ3) is 4.62. The lowest BCUT2D eigenvalue weighted by Crippen LogP contribution is -2.45. The smallest absolute Gasteiger partial charge is 0.191 e. The van der Waals surface area contributed by atoms with E-state index < -0.39 is 0 Å². The SMILES string of the molecule is CC1CN(C(CN=C(N)N2CCSCC2)c2cccs2)CCO1. The van der Waals surface area contributed by atoms with Gasteiger partial charge in [0.05, 0.1) is 25.3 Å². The first-order chi connectivity index (χ1) is 11.2. The van der Waals surface area contributed by atoms with Crippen LogP contribution in [-0.2, 0) is 4.74 Å². The molecule has 128 valence electrons. The number of hydrogen-bond acceptors (Lipinski definition) is 5. The molecule has 0 spiro atoms. The number of thiophene rings is 1. The number of guanidine groups is 1. The Bertz CT molecular complexity index is 502. The van der Waals surface area contributed by atoms with Gasteiger partial charge in [-0.25, -0.2) is 0 Å². The van der Waals surface area contributed by atoms with Crippen molar-refractivity contribution in [1.82, 2.24) is 9.80 Å². The summed E-state index contributed by atoms with van der Waals surface area (Å²) in [6, 6.07) is 4.63. The predicted octanol–water partition coefficient (Wildman–Crippen LogP) is 1.87. The number of thioether (sulfide) groups is 1. The van der Waals surface area contributed by atoms with Crippen molar-refractivity contribution in [3.63, 3.8) is 0 Å². The normalized spacial score (nSPS) is 25.5. The molecule has 0 bridgehead atoms. The second-order valence-electron chi connectivity index (χ2n) is 6.01. The summed E-state index contributed by atoms with van der Waals surface area (Å²) in [6.45, 7) is 7.60. The molecule has 2 aliphatic heterocycles. The Hall–Kier alpha value is -0.760. The summed E-state index contributed by atoms with van der Waals surface area (Å²) in [4.78, 5) is 10.8. The largest absolute Gasteiger partial charge is 0.376 e. The maximum absolute atomic E-state index is 6.23.